The lowest BCUT2D eigenvalue weighted by molar-refractivity contribution is -0.254. The molecule has 64 heavy (non-hydrogen) atoms. The second-order valence-corrected chi connectivity index (χ2v) is 17.6. The number of aliphatic hydroxyl groups excluding tert-OH is 2. The van der Waals surface area contributed by atoms with E-state index in [4.69, 9.17) is 27.9 Å². The monoisotopic (exact) mass is 921 g/mol. The highest BCUT2D eigenvalue weighted by Crippen LogP contribution is 2.28. The molecule has 4 N–H and O–H groups in total. The number of unbranched alkanes of at least 4 members (excludes halogenated alkanes) is 16. The molecule has 0 aromatic heterocycles. The van der Waals surface area contributed by atoms with Crippen LogP contribution in [0.1, 0.15) is 155 Å². The molecule has 2 aromatic carbocycles. The van der Waals surface area contributed by atoms with E-state index < -0.39 is 71.6 Å². The number of nitrogens with one attached hydrogen (secondary N) is 1. The SMILES string of the molecule is CCCCCCCCCCC[C@@H](CC(=O)N[C@H]1C(O)O[C@H](CO)[C@@H](OS(=O)(=O)O)[C@@H]1OC(=O)CCCCCCCOc1ccccc1)OC(=O)CCCCCCCOc1ccccc1. The summed E-state index contributed by atoms with van der Waals surface area (Å²) in [6, 6.07) is 17.5. The molecule has 3 rings (SSSR count). The van der Waals surface area contributed by atoms with Crippen molar-refractivity contribution in [2.24, 2.45) is 0 Å². The average molecular weight is 922 g/mol. The first-order valence-electron chi connectivity index (χ1n) is 23.6. The number of carbonyl (C=O) groups excluding carboxylic acids is 3. The van der Waals surface area contributed by atoms with Crippen LogP contribution in [0.3, 0.4) is 0 Å². The molecule has 1 fully saturated rings. The van der Waals surface area contributed by atoms with Crippen LogP contribution in [0, 0.1) is 0 Å². The summed E-state index contributed by atoms with van der Waals surface area (Å²) in [6.07, 6.45) is 10.1. The first-order valence-corrected chi connectivity index (χ1v) is 25.0. The number of ether oxygens (including phenoxy) is 5. The van der Waals surface area contributed by atoms with Crippen LogP contribution in [0.5, 0.6) is 11.5 Å². The number of para-hydroxylation sites is 2. The fraction of sp³-hybridized carbons (Fsp3) is 0.688. The standard InChI is InChI=1S/C48H75NO14S/c1-2-3-4-5-6-7-8-11-18-31-40(60-43(52)32-23-12-9-14-25-34-58-38-27-19-16-20-28-38)36-42(51)49-45-47(46(63-64(55,56)57)41(37-50)61-48(45)54)62-44(53)33-24-13-10-15-26-35-59-39-29-21-17-22-30-39/h16-17,19-22,27-30,40-41,45-48,50,54H,2-15,18,23-26,31-37H2,1H3,(H,49,51)(H,55,56,57)/t40-,41+,45+,46+,47+,48?/m0/s1. The summed E-state index contributed by atoms with van der Waals surface area (Å²) >= 11 is 0. The zero-order chi connectivity index (χ0) is 46.3. The summed E-state index contributed by atoms with van der Waals surface area (Å²) in [7, 11) is -5.19. The van der Waals surface area contributed by atoms with Gasteiger partial charge in [-0.1, -0.05) is 133 Å². The second kappa shape index (κ2) is 32.8. The summed E-state index contributed by atoms with van der Waals surface area (Å²) in [4.78, 5) is 39.9. The van der Waals surface area contributed by atoms with Gasteiger partial charge in [0.2, 0.25) is 5.91 Å². The normalized spacial score (nSPS) is 19.1. The van der Waals surface area contributed by atoms with Crippen LogP contribution in [0.25, 0.3) is 0 Å². The van der Waals surface area contributed by atoms with Crippen molar-refractivity contribution in [2.75, 3.05) is 19.8 Å². The topological polar surface area (TPSA) is 213 Å². The maximum absolute atomic E-state index is 13.7. The molecule has 1 heterocycles. The van der Waals surface area contributed by atoms with Crippen LogP contribution < -0.4 is 14.8 Å². The number of hydrogen-bond donors (Lipinski definition) is 4. The van der Waals surface area contributed by atoms with Gasteiger partial charge in [-0.2, -0.15) is 8.42 Å². The molecule has 0 aliphatic carbocycles. The Bertz CT molecular complexity index is 1650. The van der Waals surface area contributed by atoms with Gasteiger partial charge in [0, 0.05) is 12.8 Å². The van der Waals surface area contributed by atoms with Crippen molar-refractivity contribution in [1.82, 2.24) is 5.32 Å². The van der Waals surface area contributed by atoms with Crippen molar-refractivity contribution in [3.63, 3.8) is 0 Å². The molecule has 1 aliphatic heterocycles. The van der Waals surface area contributed by atoms with Crippen LogP contribution in [0.15, 0.2) is 60.7 Å². The first-order chi connectivity index (χ1) is 31.0. The van der Waals surface area contributed by atoms with E-state index >= 15 is 0 Å². The molecule has 0 spiro atoms. The van der Waals surface area contributed by atoms with Crippen LogP contribution in [0.2, 0.25) is 0 Å². The van der Waals surface area contributed by atoms with E-state index in [2.05, 4.69) is 12.2 Å². The molecule has 1 aliphatic rings. The number of carbonyl (C=O) groups is 3. The largest absolute Gasteiger partial charge is 0.494 e. The van der Waals surface area contributed by atoms with Crippen molar-refractivity contribution in [1.29, 1.82) is 0 Å². The quantitative estimate of drug-likeness (QED) is 0.0287. The Morgan fingerprint density at radius 2 is 1.16 bits per heavy atom. The number of hydrogen-bond acceptors (Lipinski definition) is 13. The first kappa shape index (κ1) is 54.5. The van der Waals surface area contributed by atoms with E-state index in [1.165, 1.54) is 25.7 Å². The molecule has 1 amide bonds. The molecular weight excluding hydrogens is 847 g/mol. The van der Waals surface area contributed by atoms with Crippen LogP contribution >= 0.6 is 0 Å². The van der Waals surface area contributed by atoms with E-state index in [0.717, 1.165) is 82.1 Å². The number of aliphatic hydroxyl groups is 2. The van der Waals surface area contributed by atoms with Crippen LogP contribution in [-0.4, -0.2) is 97.6 Å². The minimum Gasteiger partial charge on any atom is -0.494 e. The summed E-state index contributed by atoms with van der Waals surface area (Å²) in [5, 5.41) is 23.6. The Kier molecular flexibility index (Phi) is 27.9. The molecule has 16 heteroatoms. The van der Waals surface area contributed by atoms with Gasteiger partial charge < -0.3 is 39.2 Å². The third-order valence-corrected chi connectivity index (χ3v) is 11.6. The summed E-state index contributed by atoms with van der Waals surface area (Å²) in [5.74, 6) is -0.261. The third-order valence-electron chi connectivity index (χ3n) is 11.1. The molecule has 0 radical (unpaired) electrons. The van der Waals surface area contributed by atoms with E-state index in [1.807, 2.05) is 60.7 Å². The van der Waals surface area contributed by atoms with Gasteiger partial charge in [-0.15, -0.1) is 0 Å². The Balaban J connectivity index is 1.55. The smallest absolute Gasteiger partial charge is 0.397 e. The average Bonchev–Trinajstić information content (AvgIpc) is 3.27. The Morgan fingerprint density at radius 1 is 0.672 bits per heavy atom. The summed E-state index contributed by atoms with van der Waals surface area (Å²) in [5.41, 5.74) is 0. The number of esters is 2. The fourth-order valence-electron chi connectivity index (χ4n) is 7.63. The number of benzene rings is 2. The lowest BCUT2D eigenvalue weighted by Crippen LogP contribution is -2.66. The second-order valence-electron chi connectivity index (χ2n) is 16.6. The van der Waals surface area contributed by atoms with Crippen molar-refractivity contribution in [2.45, 2.75) is 191 Å². The maximum atomic E-state index is 13.7. The zero-order valence-electron chi connectivity index (χ0n) is 37.9. The number of amides is 1. The van der Waals surface area contributed by atoms with E-state index in [9.17, 15) is 37.6 Å². The highest BCUT2D eigenvalue weighted by molar-refractivity contribution is 7.80. The van der Waals surface area contributed by atoms with Crippen molar-refractivity contribution < 1.29 is 65.4 Å². The maximum Gasteiger partial charge on any atom is 0.397 e. The van der Waals surface area contributed by atoms with Crippen molar-refractivity contribution in [3.8, 4) is 11.5 Å². The molecule has 362 valence electrons. The fourth-order valence-corrected chi connectivity index (χ4v) is 8.14. The van der Waals surface area contributed by atoms with Gasteiger partial charge in [0.1, 0.15) is 35.9 Å². The van der Waals surface area contributed by atoms with Gasteiger partial charge in [-0.05, 0) is 62.8 Å². The summed E-state index contributed by atoms with van der Waals surface area (Å²) < 4.78 is 66.6. The molecule has 1 saturated heterocycles. The minimum absolute atomic E-state index is 0.0730. The van der Waals surface area contributed by atoms with Gasteiger partial charge in [0.05, 0.1) is 26.2 Å². The molecule has 0 saturated carbocycles. The molecular formula is C48H75NO14S. The van der Waals surface area contributed by atoms with Gasteiger partial charge in [-0.3, -0.25) is 18.9 Å². The Morgan fingerprint density at radius 3 is 1.67 bits per heavy atom. The van der Waals surface area contributed by atoms with E-state index in [0.29, 0.717) is 45.3 Å². The van der Waals surface area contributed by atoms with E-state index in [1.54, 1.807) is 0 Å². The van der Waals surface area contributed by atoms with Crippen molar-refractivity contribution in [3.05, 3.63) is 60.7 Å². The zero-order valence-corrected chi connectivity index (χ0v) is 38.7. The van der Waals surface area contributed by atoms with E-state index in [-0.39, 0.29) is 19.3 Å². The third kappa shape index (κ3) is 24.5. The van der Waals surface area contributed by atoms with Crippen LogP contribution in [-0.2, 0) is 43.2 Å². The predicted octanol–water partition coefficient (Wildman–Crippen LogP) is 8.34. The molecule has 0 bridgehead atoms. The van der Waals surface area contributed by atoms with Gasteiger partial charge in [0.25, 0.3) is 0 Å². The minimum atomic E-state index is -5.19. The molecule has 1 unspecified atom stereocenters. The molecule has 2 aromatic rings. The van der Waals surface area contributed by atoms with Gasteiger partial charge >= 0.3 is 22.3 Å². The van der Waals surface area contributed by atoms with Crippen molar-refractivity contribution >= 4 is 28.2 Å². The highest BCUT2D eigenvalue weighted by Gasteiger charge is 2.50. The molecule has 15 nitrogen and oxygen atoms in total. The summed E-state index contributed by atoms with van der Waals surface area (Å²) in [6.45, 7) is 2.48. The van der Waals surface area contributed by atoms with Crippen LogP contribution in [0.4, 0.5) is 0 Å². The Hall–Kier alpha value is -3.80. The molecule has 6 atom stereocenters. The lowest BCUT2D eigenvalue weighted by atomic mass is 9.96. The van der Waals surface area contributed by atoms with Gasteiger partial charge in [0.15, 0.2) is 12.4 Å². The van der Waals surface area contributed by atoms with Gasteiger partial charge in [-0.25, -0.2) is 4.18 Å². The lowest BCUT2D eigenvalue weighted by Gasteiger charge is -2.43. The Labute approximate surface area is 381 Å². The highest BCUT2D eigenvalue weighted by atomic mass is 32.3. The number of rotatable bonds is 36. The predicted molar refractivity (Wildman–Crippen MR) is 242 cm³/mol.